The number of nitrogens with one attached hydrogen (secondary N) is 2. The van der Waals surface area contributed by atoms with Crippen LogP contribution in [0, 0.1) is 0 Å². The molecule has 0 aliphatic rings. The number of rotatable bonds is 12. The number of amides is 1. The molecule has 228 valence electrons. The van der Waals surface area contributed by atoms with E-state index < -0.39 is 27.2 Å². The van der Waals surface area contributed by atoms with E-state index in [1.807, 2.05) is 51.1 Å². The van der Waals surface area contributed by atoms with Crippen LogP contribution < -0.4 is 25.8 Å². The van der Waals surface area contributed by atoms with Crippen molar-refractivity contribution in [2.45, 2.75) is 69.9 Å². The number of pyridine rings is 1. The van der Waals surface area contributed by atoms with Crippen LogP contribution in [-0.2, 0) is 14.6 Å². The molecule has 1 amide bonds. The normalized spacial score (nSPS) is 13.1. The molecule has 0 aliphatic carbocycles. The van der Waals surface area contributed by atoms with E-state index in [0.717, 1.165) is 10.8 Å². The smallest absolute Gasteiger partial charge is 0.247 e. The van der Waals surface area contributed by atoms with Gasteiger partial charge >= 0.3 is 0 Å². The van der Waals surface area contributed by atoms with Crippen LogP contribution >= 0.6 is 0 Å². The van der Waals surface area contributed by atoms with E-state index in [1.54, 1.807) is 63.4 Å². The highest BCUT2D eigenvalue weighted by molar-refractivity contribution is 7.92. The Kier molecular flexibility index (Phi) is 9.80. The number of nitrogens with two attached hydrogens (primary N) is 1. The molecule has 4 aromatic rings. The summed E-state index contributed by atoms with van der Waals surface area (Å²) in [6.07, 6.45) is 1.57. The second kappa shape index (κ2) is 13.3. The number of anilines is 2. The lowest BCUT2D eigenvalue weighted by Gasteiger charge is -2.25. The van der Waals surface area contributed by atoms with Gasteiger partial charge in [0.1, 0.15) is 11.9 Å². The van der Waals surface area contributed by atoms with E-state index in [0.29, 0.717) is 40.7 Å². The number of sulfone groups is 1. The number of hydrogen-bond donors (Lipinski definition) is 3. The summed E-state index contributed by atoms with van der Waals surface area (Å²) in [4.78, 5) is 18.4. The van der Waals surface area contributed by atoms with Crippen molar-refractivity contribution in [3.8, 4) is 11.5 Å². The number of carbonyl (C=O) groups is 1. The summed E-state index contributed by atoms with van der Waals surface area (Å²) in [5.41, 5.74) is 7.90. The minimum absolute atomic E-state index is 0.0650. The summed E-state index contributed by atoms with van der Waals surface area (Å²) in [7, 11) is -3.57. The Balaban J connectivity index is 1.74. The molecule has 43 heavy (non-hydrogen) atoms. The van der Waals surface area contributed by atoms with Crippen molar-refractivity contribution in [3.05, 3.63) is 84.1 Å². The lowest BCUT2D eigenvalue weighted by Crippen LogP contribution is -2.36. The number of ether oxygens (including phenoxy) is 2. The Bertz CT molecular complexity index is 1710. The van der Waals surface area contributed by atoms with Gasteiger partial charge in [-0.25, -0.2) is 13.4 Å². The zero-order chi connectivity index (χ0) is 31.3. The highest BCUT2D eigenvalue weighted by atomic mass is 32.2. The van der Waals surface area contributed by atoms with Crippen LogP contribution in [-0.4, -0.2) is 37.3 Å². The predicted octanol–water partition coefficient (Wildman–Crippen LogP) is 6.22. The highest BCUT2D eigenvalue weighted by Gasteiger charge is 2.28. The summed E-state index contributed by atoms with van der Waals surface area (Å²) >= 11 is 0. The first-order valence-electron chi connectivity index (χ1n) is 14.4. The van der Waals surface area contributed by atoms with Crippen molar-refractivity contribution in [2.24, 2.45) is 0 Å². The van der Waals surface area contributed by atoms with Gasteiger partial charge in [0.15, 0.2) is 21.3 Å². The standard InChI is InChI=1S/C33H40N4O5S/c1-7-41-29-19-24(12-15-28(29)42-20(2)3)31(37-25-13-14-27-23(18-25)16-17-35-32(27)34)33(38)36-22(6)26-10-8-9-11-30(26)43(39,40)21(4)5/h8-22,31,37H,7H2,1-6H3,(H2,34,35)(H,36,38). The highest BCUT2D eigenvalue weighted by Crippen LogP contribution is 2.34. The summed E-state index contributed by atoms with van der Waals surface area (Å²) in [6.45, 7) is 11.2. The molecule has 10 heteroatoms. The third-order valence-electron chi connectivity index (χ3n) is 7.00. The molecule has 1 aromatic heterocycles. The Morgan fingerprint density at radius 3 is 2.40 bits per heavy atom. The van der Waals surface area contributed by atoms with Gasteiger partial charge in [-0.1, -0.05) is 24.3 Å². The number of benzene rings is 3. The molecule has 4 rings (SSSR count). The van der Waals surface area contributed by atoms with Crippen LogP contribution in [0.5, 0.6) is 11.5 Å². The van der Waals surface area contributed by atoms with Crippen molar-refractivity contribution < 1.29 is 22.7 Å². The fraction of sp³-hybridized carbons (Fsp3) is 0.333. The van der Waals surface area contributed by atoms with Gasteiger partial charge in [-0.2, -0.15) is 0 Å². The fourth-order valence-electron chi connectivity index (χ4n) is 4.81. The minimum Gasteiger partial charge on any atom is -0.490 e. The maximum Gasteiger partial charge on any atom is 0.247 e. The SMILES string of the molecule is CCOc1cc(C(Nc2ccc3c(N)nccc3c2)C(=O)NC(C)c2ccccc2S(=O)(=O)C(C)C)ccc1OC(C)C. The zero-order valence-corrected chi connectivity index (χ0v) is 26.2. The predicted molar refractivity (Wildman–Crippen MR) is 171 cm³/mol. The number of nitrogen functional groups attached to an aromatic ring is 1. The van der Waals surface area contributed by atoms with E-state index in [4.69, 9.17) is 15.2 Å². The lowest BCUT2D eigenvalue weighted by molar-refractivity contribution is -0.122. The van der Waals surface area contributed by atoms with Crippen molar-refractivity contribution in [2.75, 3.05) is 17.7 Å². The number of hydrogen-bond acceptors (Lipinski definition) is 8. The maximum atomic E-state index is 14.1. The summed E-state index contributed by atoms with van der Waals surface area (Å²) in [6, 6.07) is 18.2. The quantitative estimate of drug-likeness (QED) is 0.174. The number of carbonyl (C=O) groups excluding carboxylic acids is 1. The van der Waals surface area contributed by atoms with Crippen LogP contribution in [0.15, 0.2) is 77.8 Å². The Morgan fingerprint density at radius 2 is 1.70 bits per heavy atom. The van der Waals surface area contributed by atoms with Crippen LogP contribution in [0.1, 0.15) is 64.8 Å². The molecular weight excluding hydrogens is 564 g/mol. The van der Waals surface area contributed by atoms with E-state index >= 15 is 0 Å². The Hall–Kier alpha value is -4.31. The van der Waals surface area contributed by atoms with Crippen molar-refractivity contribution in [1.82, 2.24) is 10.3 Å². The summed E-state index contributed by atoms with van der Waals surface area (Å²) < 4.78 is 38.0. The van der Waals surface area contributed by atoms with Gasteiger partial charge in [-0.05, 0) is 101 Å². The molecule has 0 spiro atoms. The summed E-state index contributed by atoms with van der Waals surface area (Å²) in [5.74, 6) is 1.17. The number of aromatic nitrogens is 1. The molecule has 2 atom stereocenters. The first kappa shape index (κ1) is 31.6. The number of fused-ring (bicyclic) bond motifs is 1. The molecule has 0 saturated heterocycles. The van der Waals surface area contributed by atoms with Crippen LogP contribution in [0.2, 0.25) is 0 Å². The van der Waals surface area contributed by atoms with Crippen LogP contribution in [0.4, 0.5) is 11.5 Å². The van der Waals surface area contributed by atoms with Gasteiger partial charge in [0.05, 0.1) is 28.9 Å². The molecular formula is C33H40N4O5S. The van der Waals surface area contributed by atoms with Crippen LogP contribution in [0.25, 0.3) is 10.8 Å². The minimum atomic E-state index is -3.57. The first-order chi connectivity index (χ1) is 20.4. The van der Waals surface area contributed by atoms with E-state index in [-0.39, 0.29) is 16.9 Å². The first-order valence-corrected chi connectivity index (χ1v) is 15.9. The fourth-order valence-corrected chi connectivity index (χ4v) is 6.16. The van der Waals surface area contributed by atoms with E-state index in [2.05, 4.69) is 15.6 Å². The monoisotopic (exact) mass is 604 g/mol. The van der Waals surface area contributed by atoms with Gasteiger partial charge in [0.2, 0.25) is 5.91 Å². The largest absolute Gasteiger partial charge is 0.490 e. The average Bonchev–Trinajstić information content (AvgIpc) is 2.96. The molecule has 0 saturated carbocycles. The molecule has 0 fully saturated rings. The third-order valence-corrected chi connectivity index (χ3v) is 9.23. The molecule has 0 aliphatic heterocycles. The average molecular weight is 605 g/mol. The number of nitrogens with zero attached hydrogens (tertiary/aromatic N) is 1. The van der Waals surface area contributed by atoms with Crippen molar-refractivity contribution in [3.63, 3.8) is 0 Å². The second-order valence-electron chi connectivity index (χ2n) is 10.9. The molecule has 4 N–H and O–H groups in total. The molecule has 0 radical (unpaired) electrons. The van der Waals surface area contributed by atoms with Gasteiger partial charge in [-0.3, -0.25) is 4.79 Å². The van der Waals surface area contributed by atoms with Crippen molar-refractivity contribution >= 4 is 38.0 Å². The van der Waals surface area contributed by atoms with Crippen molar-refractivity contribution in [1.29, 1.82) is 0 Å². The maximum absolute atomic E-state index is 14.1. The molecule has 1 heterocycles. The van der Waals surface area contributed by atoms with Gasteiger partial charge in [0.25, 0.3) is 0 Å². The van der Waals surface area contributed by atoms with E-state index in [1.165, 1.54) is 0 Å². The second-order valence-corrected chi connectivity index (χ2v) is 13.3. The van der Waals surface area contributed by atoms with Gasteiger partial charge < -0.3 is 25.8 Å². The molecule has 3 aromatic carbocycles. The third kappa shape index (κ3) is 7.19. The summed E-state index contributed by atoms with van der Waals surface area (Å²) in [5, 5.41) is 7.48. The topological polar surface area (TPSA) is 133 Å². The zero-order valence-electron chi connectivity index (χ0n) is 25.4. The Morgan fingerprint density at radius 1 is 0.953 bits per heavy atom. The van der Waals surface area contributed by atoms with E-state index in [9.17, 15) is 13.2 Å². The van der Waals surface area contributed by atoms with Crippen LogP contribution in [0.3, 0.4) is 0 Å². The Labute approximate surface area is 253 Å². The molecule has 0 bridgehead atoms. The lowest BCUT2D eigenvalue weighted by atomic mass is 10.0. The van der Waals surface area contributed by atoms with Gasteiger partial charge in [0, 0.05) is 17.3 Å². The van der Waals surface area contributed by atoms with Gasteiger partial charge in [-0.15, -0.1) is 0 Å². The molecule has 9 nitrogen and oxygen atoms in total. The molecule has 2 unspecified atom stereocenters.